The molecule has 0 aliphatic heterocycles. The zero-order chi connectivity index (χ0) is 15.5. The van der Waals surface area contributed by atoms with Crippen LogP contribution in [0, 0.1) is 0 Å². The van der Waals surface area contributed by atoms with E-state index in [0.717, 1.165) is 6.07 Å². The fourth-order valence-electron chi connectivity index (χ4n) is 1.93. The maximum Gasteiger partial charge on any atom is 0.305 e. The highest BCUT2D eigenvalue weighted by atomic mass is 16.3. The molecule has 0 saturated heterocycles. The first-order chi connectivity index (χ1) is 10.6. The first-order valence-corrected chi connectivity index (χ1v) is 6.42. The Kier molecular flexibility index (Phi) is 3.45. The van der Waals surface area contributed by atoms with Crippen molar-refractivity contribution in [3.63, 3.8) is 0 Å². The highest BCUT2D eigenvalue weighted by Crippen LogP contribution is 2.11. The molecule has 0 bridgehead atoms. The van der Waals surface area contributed by atoms with Gasteiger partial charge in [-0.25, -0.2) is 0 Å². The van der Waals surface area contributed by atoms with E-state index in [4.69, 9.17) is 4.42 Å². The first-order valence-electron chi connectivity index (χ1n) is 6.42. The smallest absolute Gasteiger partial charge is 0.305 e. The number of amides is 2. The molecule has 0 unspecified atom stereocenters. The number of hydrazine groups is 1. The van der Waals surface area contributed by atoms with Gasteiger partial charge in [0.2, 0.25) is 0 Å². The highest BCUT2D eigenvalue weighted by Gasteiger charge is 2.13. The van der Waals surface area contributed by atoms with Gasteiger partial charge in [-0.3, -0.25) is 25.2 Å². The van der Waals surface area contributed by atoms with Crippen LogP contribution >= 0.6 is 0 Å². The van der Waals surface area contributed by atoms with Crippen molar-refractivity contribution in [3.05, 3.63) is 70.3 Å². The van der Waals surface area contributed by atoms with Gasteiger partial charge < -0.3 is 9.40 Å². The number of benzene rings is 1. The average molecular weight is 297 g/mol. The van der Waals surface area contributed by atoms with E-state index in [9.17, 15) is 14.4 Å². The molecule has 2 aromatic heterocycles. The molecule has 22 heavy (non-hydrogen) atoms. The molecule has 0 radical (unpaired) electrons. The van der Waals surface area contributed by atoms with Crippen LogP contribution in [0.2, 0.25) is 0 Å². The number of aromatic amines is 1. The number of carbonyl (C=O) groups is 2. The fraction of sp³-hybridized carbons (Fsp3) is 0. The summed E-state index contributed by atoms with van der Waals surface area (Å²) in [6.45, 7) is 0. The summed E-state index contributed by atoms with van der Waals surface area (Å²) < 4.78 is 5.36. The summed E-state index contributed by atoms with van der Waals surface area (Å²) in [6.07, 6.45) is 1.58. The minimum Gasteiger partial charge on any atom is -0.451 e. The number of fused-ring (bicyclic) bond motifs is 1. The molecule has 0 fully saturated rings. The summed E-state index contributed by atoms with van der Waals surface area (Å²) in [5.74, 6) is -1.42. The Hall–Kier alpha value is -3.35. The molecule has 1 aromatic carbocycles. The summed E-state index contributed by atoms with van der Waals surface area (Å²) in [7, 11) is 0. The molecule has 0 aliphatic rings. The molecule has 3 aromatic rings. The summed E-state index contributed by atoms with van der Waals surface area (Å²) in [4.78, 5) is 38.2. The Balaban J connectivity index is 1.78. The Morgan fingerprint density at radius 1 is 1.00 bits per heavy atom. The number of nitrogens with one attached hydrogen (secondary N) is 3. The molecule has 2 heterocycles. The number of aromatic nitrogens is 1. The van der Waals surface area contributed by atoms with Crippen LogP contribution in [0.1, 0.15) is 21.0 Å². The van der Waals surface area contributed by atoms with Gasteiger partial charge in [-0.2, -0.15) is 0 Å². The lowest BCUT2D eigenvalue weighted by atomic mass is 10.2. The molecule has 7 heteroatoms. The van der Waals surface area contributed by atoms with Crippen LogP contribution in [0.5, 0.6) is 0 Å². The molecule has 0 atom stereocenters. The third-order valence-corrected chi connectivity index (χ3v) is 2.99. The van der Waals surface area contributed by atoms with Crippen molar-refractivity contribution in [3.8, 4) is 0 Å². The number of rotatable bonds is 2. The summed E-state index contributed by atoms with van der Waals surface area (Å²) in [5.41, 5.74) is 4.67. The van der Waals surface area contributed by atoms with Crippen LogP contribution in [-0.2, 0) is 0 Å². The minimum atomic E-state index is -0.720. The molecule has 3 rings (SSSR count). The van der Waals surface area contributed by atoms with E-state index in [1.165, 1.54) is 0 Å². The van der Waals surface area contributed by atoms with E-state index >= 15 is 0 Å². The number of hydrogen-bond acceptors (Lipinski definition) is 4. The van der Waals surface area contributed by atoms with Crippen molar-refractivity contribution in [1.29, 1.82) is 0 Å². The molecule has 0 spiro atoms. The van der Waals surface area contributed by atoms with Crippen LogP contribution in [-0.4, -0.2) is 16.8 Å². The monoisotopic (exact) mass is 297 g/mol. The normalized spacial score (nSPS) is 10.4. The first kappa shape index (κ1) is 13.6. The van der Waals surface area contributed by atoms with Gasteiger partial charge in [-0.05, 0) is 24.3 Å². The van der Waals surface area contributed by atoms with Crippen molar-refractivity contribution in [2.45, 2.75) is 0 Å². The van der Waals surface area contributed by atoms with E-state index in [2.05, 4.69) is 15.8 Å². The second kappa shape index (κ2) is 5.57. The van der Waals surface area contributed by atoms with Crippen LogP contribution in [0.4, 0.5) is 0 Å². The van der Waals surface area contributed by atoms with Crippen molar-refractivity contribution < 1.29 is 14.0 Å². The predicted octanol–water partition coefficient (Wildman–Crippen LogP) is 1.20. The van der Waals surface area contributed by atoms with Gasteiger partial charge in [-0.15, -0.1) is 0 Å². The van der Waals surface area contributed by atoms with E-state index in [-0.39, 0.29) is 11.2 Å². The third kappa shape index (κ3) is 2.59. The molecule has 0 saturated carbocycles. The number of hydrogen-bond donors (Lipinski definition) is 3. The van der Waals surface area contributed by atoms with Crippen molar-refractivity contribution in [2.24, 2.45) is 0 Å². The Morgan fingerprint density at radius 3 is 2.55 bits per heavy atom. The van der Waals surface area contributed by atoms with Crippen LogP contribution in [0.15, 0.2) is 57.9 Å². The largest absolute Gasteiger partial charge is 0.451 e. The van der Waals surface area contributed by atoms with E-state index in [1.54, 1.807) is 42.6 Å². The molecular formula is C15H11N3O4. The number of para-hydroxylation sites is 1. The lowest BCUT2D eigenvalue weighted by Crippen LogP contribution is -2.42. The van der Waals surface area contributed by atoms with Crippen molar-refractivity contribution in [1.82, 2.24) is 15.8 Å². The van der Waals surface area contributed by atoms with Gasteiger partial charge in [0.05, 0.1) is 5.39 Å². The summed E-state index contributed by atoms with van der Waals surface area (Å²) in [5, 5.41) is 0.384. The van der Waals surface area contributed by atoms with Gasteiger partial charge >= 0.3 is 5.91 Å². The Morgan fingerprint density at radius 2 is 1.77 bits per heavy atom. The molecule has 110 valence electrons. The predicted molar refractivity (Wildman–Crippen MR) is 78.2 cm³/mol. The average Bonchev–Trinajstić information content (AvgIpc) is 3.06. The summed E-state index contributed by atoms with van der Waals surface area (Å²) in [6, 6.07) is 10.9. The van der Waals surface area contributed by atoms with Crippen LogP contribution < -0.4 is 16.3 Å². The molecule has 0 aliphatic carbocycles. The Labute approximate surface area is 123 Å². The molecule has 3 N–H and O–H groups in total. The number of H-pyrrole nitrogens is 1. The maximum absolute atomic E-state index is 11.9. The topological polar surface area (TPSA) is 104 Å². The van der Waals surface area contributed by atoms with Gasteiger partial charge in [-0.1, -0.05) is 12.1 Å². The lowest BCUT2D eigenvalue weighted by Gasteiger charge is -2.06. The van der Waals surface area contributed by atoms with E-state index in [1.807, 2.05) is 0 Å². The van der Waals surface area contributed by atoms with E-state index in [0.29, 0.717) is 16.7 Å². The molecule has 7 nitrogen and oxygen atoms in total. The van der Waals surface area contributed by atoms with Crippen molar-refractivity contribution >= 4 is 22.8 Å². The third-order valence-electron chi connectivity index (χ3n) is 2.99. The minimum absolute atomic E-state index is 0.185. The van der Waals surface area contributed by atoms with E-state index < -0.39 is 11.8 Å². The Bertz CT molecular complexity index is 897. The maximum atomic E-state index is 11.9. The van der Waals surface area contributed by atoms with Gasteiger partial charge in [0.25, 0.3) is 5.91 Å². The fourth-order valence-corrected chi connectivity index (χ4v) is 1.93. The SMILES string of the molecule is O=C(NNC(=O)c1cc(=O)c2ccccc2o1)c1ccc[nH]1. The zero-order valence-corrected chi connectivity index (χ0v) is 11.3. The molecule has 2 amide bonds. The molecular weight excluding hydrogens is 286 g/mol. The summed E-state index contributed by atoms with van der Waals surface area (Å²) >= 11 is 0. The van der Waals surface area contributed by atoms with Gasteiger partial charge in [0, 0.05) is 12.3 Å². The van der Waals surface area contributed by atoms with Gasteiger partial charge in [0.1, 0.15) is 11.3 Å². The second-order valence-electron chi connectivity index (χ2n) is 4.46. The van der Waals surface area contributed by atoms with Crippen LogP contribution in [0.3, 0.4) is 0 Å². The number of carbonyl (C=O) groups excluding carboxylic acids is 2. The lowest BCUT2D eigenvalue weighted by molar-refractivity contribution is 0.0829. The standard InChI is InChI=1S/C15H11N3O4/c19-11-8-13(22-12-6-2-1-4-9(11)12)15(21)18-17-14(20)10-5-3-7-16-10/h1-8,16H,(H,17,20)(H,18,21). The quantitative estimate of drug-likeness (QED) is 0.618. The van der Waals surface area contributed by atoms with Crippen molar-refractivity contribution in [2.75, 3.05) is 0 Å². The van der Waals surface area contributed by atoms with Crippen LogP contribution in [0.25, 0.3) is 11.0 Å². The second-order valence-corrected chi connectivity index (χ2v) is 4.46. The van der Waals surface area contributed by atoms with Gasteiger partial charge in [0.15, 0.2) is 11.2 Å². The zero-order valence-electron chi connectivity index (χ0n) is 11.3. The highest BCUT2D eigenvalue weighted by molar-refractivity contribution is 5.97.